The molecule has 0 saturated carbocycles. The summed E-state index contributed by atoms with van der Waals surface area (Å²) in [4.78, 5) is 8.31. The Hall–Kier alpha value is -3.39. The number of nitrogens with zero attached hydrogens (tertiary/aromatic N) is 4. The second-order valence-corrected chi connectivity index (χ2v) is 7.50. The summed E-state index contributed by atoms with van der Waals surface area (Å²) in [6.07, 6.45) is 4.26. The van der Waals surface area contributed by atoms with Crippen LogP contribution >= 0.6 is 0 Å². The highest BCUT2D eigenvalue weighted by molar-refractivity contribution is 5.79. The second-order valence-electron chi connectivity index (χ2n) is 7.50. The van der Waals surface area contributed by atoms with E-state index in [0.29, 0.717) is 19.7 Å². The van der Waals surface area contributed by atoms with Crippen molar-refractivity contribution in [2.75, 3.05) is 20.3 Å². The lowest BCUT2D eigenvalue weighted by Crippen LogP contribution is -2.36. The zero-order chi connectivity index (χ0) is 21.5. The molecule has 1 saturated heterocycles. The second kappa shape index (κ2) is 10.1. The first kappa shape index (κ1) is 20.9. The quantitative estimate of drug-likeness (QED) is 0.451. The van der Waals surface area contributed by atoms with Gasteiger partial charge in [0.1, 0.15) is 24.5 Å². The SMILES string of the molecule is CN=C(NCc1ccc(-n2cncn2)cc1)NCc1ccc(C)cc1OC1CCOC1. The molecule has 1 fully saturated rings. The summed E-state index contributed by atoms with van der Waals surface area (Å²) in [6.45, 7) is 4.77. The van der Waals surface area contributed by atoms with Crippen LogP contribution in [0.15, 0.2) is 60.1 Å². The smallest absolute Gasteiger partial charge is 0.191 e. The maximum absolute atomic E-state index is 6.19. The fraction of sp³-hybridized carbons (Fsp3) is 0.348. The summed E-state index contributed by atoms with van der Waals surface area (Å²) < 4.78 is 13.4. The molecule has 0 amide bonds. The molecule has 0 spiro atoms. The van der Waals surface area contributed by atoms with Crippen LogP contribution in [-0.4, -0.2) is 47.1 Å². The van der Waals surface area contributed by atoms with Crippen molar-refractivity contribution in [1.29, 1.82) is 0 Å². The van der Waals surface area contributed by atoms with Crippen LogP contribution in [0.25, 0.3) is 5.69 Å². The standard InChI is InChI=1S/C23H28N6O2/c1-17-3-6-19(22(11-17)31-21-9-10-30-14-21)13-27-23(24-2)26-12-18-4-7-20(8-5-18)29-16-25-15-28-29/h3-8,11,15-16,21H,9-10,12-14H2,1-2H3,(H2,24,26,27). The summed E-state index contributed by atoms with van der Waals surface area (Å²) in [5.74, 6) is 1.64. The van der Waals surface area contributed by atoms with Gasteiger partial charge in [-0.1, -0.05) is 24.3 Å². The number of ether oxygens (including phenoxy) is 2. The molecule has 1 unspecified atom stereocenters. The lowest BCUT2D eigenvalue weighted by molar-refractivity contribution is 0.140. The molecule has 0 radical (unpaired) electrons. The number of benzene rings is 2. The molecule has 0 aliphatic carbocycles. The van der Waals surface area contributed by atoms with Crippen LogP contribution in [0.3, 0.4) is 0 Å². The summed E-state index contributed by atoms with van der Waals surface area (Å²) in [6, 6.07) is 14.4. The number of guanidine groups is 1. The lowest BCUT2D eigenvalue weighted by atomic mass is 10.1. The van der Waals surface area contributed by atoms with E-state index in [9.17, 15) is 0 Å². The van der Waals surface area contributed by atoms with Crippen LogP contribution in [-0.2, 0) is 17.8 Å². The molecular formula is C23H28N6O2. The maximum Gasteiger partial charge on any atom is 0.191 e. The summed E-state index contributed by atoms with van der Waals surface area (Å²) in [5, 5.41) is 10.9. The van der Waals surface area contributed by atoms with Gasteiger partial charge in [-0.2, -0.15) is 5.10 Å². The predicted molar refractivity (Wildman–Crippen MR) is 119 cm³/mol. The van der Waals surface area contributed by atoms with Crippen molar-refractivity contribution in [3.8, 4) is 11.4 Å². The van der Waals surface area contributed by atoms with E-state index >= 15 is 0 Å². The van der Waals surface area contributed by atoms with Crippen LogP contribution in [0.5, 0.6) is 5.75 Å². The molecule has 8 heteroatoms. The first-order valence-electron chi connectivity index (χ1n) is 10.4. The summed E-state index contributed by atoms with van der Waals surface area (Å²) in [5.41, 5.74) is 4.39. The Balaban J connectivity index is 1.32. The van der Waals surface area contributed by atoms with E-state index in [0.717, 1.165) is 41.6 Å². The molecule has 31 heavy (non-hydrogen) atoms. The van der Waals surface area contributed by atoms with Crippen LogP contribution < -0.4 is 15.4 Å². The third-order valence-corrected chi connectivity index (χ3v) is 5.15. The minimum absolute atomic E-state index is 0.124. The van der Waals surface area contributed by atoms with E-state index in [1.807, 2.05) is 12.1 Å². The monoisotopic (exact) mass is 420 g/mol. The van der Waals surface area contributed by atoms with Gasteiger partial charge < -0.3 is 20.1 Å². The van der Waals surface area contributed by atoms with Crippen LogP contribution in [0, 0.1) is 6.92 Å². The highest BCUT2D eigenvalue weighted by Gasteiger charge is 2.18. The highest BCUT2D eigenvalue weighted by atomic mass is 16.5. The van der Waals surface area contributed by atoms with E-state index in [1.165, 1.54) is 11.9 Å². The van der Waals surface area contributed by atoms with E-state index in [2.05, 4.69) is 63.0 Å². The number of aliphatic imine (C=N–C) groups is 1. The number of aromatic nitrogens is 3. The number of hydrogen-bond donors (Lipinski definition) is 2. The Morgan fingerprint density at radius 2 is 2.03 bits per heavy atom. The van der Waals surface area contributed by atoms with Gasteiger partial charge >= 0.3 is 0 Å². The van der Waals surface area contributed by atoms with E-state index in [4.69, 9.17) is 9.47 Å². The van der Waals surface area contributed by atoms with Gasteiger partial charge in [0, 0.05) is 32.1 Å². The van der Waals surface area contributed by atoms with Gasteiger partial charge in [-0.3, -0.25) is 4.99 Å². The molecule has 1 atom stereocenters. The average molecular weight is 421 g/mol. The molecule has 2 aromatic carbocycles. The predicted octanol–water partition coefficient (Wildman–Crippen LogP) is 2.61. The van der Waals surface area contributed by atoms with Crippen LogP contribution in [0.1, 0.15) is 23.1 Å². The third kappa shape index (κ3) is 5.61. The average Bonchev–Trinajstić information content (AvgIpc) is 3.50. The van der Waals surface area contributed by atoms with Gasteiger partial charge in [0.15, 0.2) is 5.96 Å². The van der Waals surface area contributed by atoms with Crippen LogP contribution in [0.4, 0.5) is 0 Å². The van der Waals surface area contributed by atoms with Crippen molar-refractivity contribution in [2.24, 2.45) is 4.99 Å². The summed E-state index contributed by atoms with van der Waals surface area (Å²) >= 11 is 0. The van der Waals surface area contributed by atoms with Gasteiger partial charge in [0.2, 0.25) is 0 Å². The van der Waals surface area contributed by atoms with Crippen molar-refractivity contribution in [2.45, 2.75) is 32.5 Å². The molecular weight excluding hydrogens is 392 g/mol. The van der Waals surface area contributed by atoms with Gasteiger partial charge in [-0.05, 0) is 36.2 Å². The van der Waals surface area contributed by atoms with Gasteiger partial charge in [-0.25, -0.2) is 9.67 Å². The fourth-order valence-electron chi connectivity index (χ4n) is 3.40. The first-order valence-corrected chi connectivity index (χ1v) is 10.4. The minimum atomic E-state index is 0.124. The Bertz CT molecular complexity index is 995. The number of hydrogen-bond acceptors (Lipinski definition) is 5. The van der Waals surface area contributed by atoms with Crippen molar-refractivity contribution in [3.63, 3.8) is 0 Å². The zero-order valence-electron chi connectivity index (χ0n) is 17.9. The maximum atomic E-state index is 6.19. The van der Waals surface area contributed by atoms with Crippen LogP contribution in [0.2, 0.25) is 0 Å². The molecule has 4 rings (SSSR count). The van der Waals surface area contributed by atoms with Gasteiger partial charge in [0.05, 0.1) is 18.9 Å². The fourth-order valence-corrected chi connectivity index (χ4v) is 3.40. The Morgan fingerprint density at radius 1 is 1.19 bits per heavy atom. The zero-order valence-corrected chi connectivity index (χ0v) is 17.9. The topological polar surface area (TPSA) is 85.6 Å². The Labute approximate surface area is 182 Å². The molecule has 0 bridgehead atoms. The van der Waals surface area contributed by atoms with Gasteiger partial charge in [0.25, 0.3) is 0 Å². The minimum Gasteiger partial charge on any atom is -0.488 e. The Morgan fingerprint density at radius 3 is 2.74 bits per heavy atom. The molecule has 162 valence electrons. The van der Waals surface area contributed by atoms with E-state index < -0.39 is 0 Å². The summed E-state index contributed by atoms with van der Waals surface area (Å²) in [7, 11) is 1.77. The van der Waals surface area contributed by atoms with Crippen molar-refractivity contribution < 1.29 is 9.47 Å². The van der Waals surface area contributed by atoms with Gasteiger partial charge in [-0.15, -0.1) is 0 Å². The van der Waals surface area contributed by atoms with Crippen molar-refractivity contribution in [1.82, 2.24) is 25.4 Å². The largest absolute Gasteiger partial charge is 0.488 e. The van der Waals surface area contributed by atoms with E-state index in [-0.39, 0.29) is 6.10 Å². The normalized spacial score (nSPS) is 16.3. The third-order valence-electron chi connectivity index (χ3n) is 5.15. The number of nitrogens with one attached hydrogen (secondary N) is 2. The van der Waals surface area contributed by atoms with E-state index in [1.54, 1.807) is 18.1 Å². The molecule has 8 nitrogen and oxygen atoms in total. The number of rotatable bonds is 7. The number of aryl methyl sites for hydroxylation is 1. The Kier molecular flexibility index (Phi) is 6.78. The first-order chi connectivity index (χ1) is 15.2. The highest BCUT2D eigenvalue weighted by Crippen LogP contribution is 2.23. The molecule has 1 aliphatic rings. The molecule has 3 aromatic rings. The van der Waals surface area contributed by atoms with Crippen molar-refractivity contribution in [3.05, 3.63) is 71.8 Å². The molecule has 2 N–H and O–H groups in total. The lowest BCUT2D eigenvalue weighted by Gasteiger charge is -2.18. The molecule has 1 aromatic heterocycles. The molecule has 2 heterocycles. The van der Waals surface area contributed by atoms with Crippen molar-refractivity contribution >= 4 is 5.96 Å². The molecule has 1 aliphatic heterocycles.